The monoisotopic (exact) mass is 237 g/mol. The number of carbonyl (C=O) groups is 1. The third kappa shape index (κ3) is 3.15. The molecule has 1 aliphatic heterocycles. The Labute approximate surface area is 99.0 Å². The Hall–Kier alpha value is -1.66. The molecular formula is C11H15N3O3. The Morgan fingerprint density at radius 3 is 3.29 bits per heavy atom. The summed E-state index contributed by atoms with van der Waals surface area (Å²) in [4.78, 5) is 15.4. The SMILES string of the molecule is O=C(NCC1CNCCO1)c1ccncc1O. The third-order valence-corrected chi connectivity index (χ3v) is 2.54. The Morgan fingerprint density at radius 1 is 1.71 bits per heavy atom. The summed E-state index contributed by atoms with van der Waals surface area (Å²) < 4.78 is 5.44. The smallest absolute Gasteiger partial charge is 0.255 e. The maximum Gasteiger partial charge on any atom is 0.255 e. The molecule has 1 atom stereocenters. The molecule has 0 spiro atoms. The van der Waals surface area contributed by atoms with Crippen molar-refractivity contribution in [3.05, 3.63) is 24.0 Å². The van der Waals surface area contributed by atoms with Crippen molar-refractivity contribution in [2.24, 2.45) is 0 Å². The van der Waals surface area contributed by atoms with Crippen molar-refractivity contribution < 1.29 is 14.6 Å². The lowest BCUT2D eigenvalue weighted by Gasteiger charge is -2.23. The van der Waals surface area contributed by atoms with Gasteiger partial charge in [0.2, 0.25) is 0 Å². The molecule has 0 bridgehead atoms. The van der Waals surface area contributed by atoms with Crippen LogP contribution < -0.4 is 10.6 Å². The summed E-state index contributed by atoms with van der Waals surface area (Å²) in [6, 6.07) is 1.48. The van der Waals surface area contributed by atoms with E-state index in [0.717, 1.165) is 13.1 Å². The maximum absolute atomic E-state index is 11.7. The van der Waals surface area contributed by atoms with E-state index in [0.29, 0.717) is 13.2 Å². The number of amides is 1. The highest BCUT2D eigenvalue weighted by atomic mass is 16.5. The average molecular weight is 237 g/mol. The van der Waals surface area contributed by atoms with Gasteiger partial charge in [-0.05, 0) is 6.07 Å². The molecule has 92 valence electrons. The number of ether oxygens (including phenoxy) is 1. The van der Waals surface area contributed by atoms with Gasteiger partial charge in [-0.3, -0.25) is 9.78 Å². The van der Waals surface area contributed by atoms with Crippen molar-refractivity contribution in [3.63, 3.8) is 0 Å². The maximum atomic E-state index is 11.7. The Bertz CT molecular complexity index is 391. The lowest BCUT2D eigenvalue weighted by molar-refractivity contribution is 0.0287. The highest BCUT2D eigenvalue weighted by Gasteiger charge is 2.16. The lowest BCUT2D eigenvalue weighted by Crippen LogP contribution is -2.45. The predicted molar refractivity (Wildman–Crippen MR) is 60.8 cm³/mol. The molecule has 1 saturated heterocycles. The first kappa shape index (κ1) is 11.8. The van der Waals surface area contributed by atoms with Crippen LogP contribution in [0.1, 0.15) is 10.4 Å². The van der Waals surface area contributed by atoms with Gasteiger partial charge in [0.1, 0.15) is 5.75 Å². The van der Waals surface area contributed by atoms with E-state index in [2.05, 4.69) is 15.6 Å². The molecule has 0 aliphatic carbocycles. The molecule has 17 heavy (non-hydrogen) atoms. The van der Waals surface area contributed by atoms with Gasteiger partial charge in [0.15, 0.2) is 0 Å². The normalized spacial score (nSPS) is 19.9. The van der Waals surface area contributed by atoms with Crippen LogP contribution in [0.2, 0.25) is 0 Å². The number of aromatic hydroxyl groups is 1. The van der Waals surface area contributed by atoms with Gasteiger partial charge in [-0.2, -0.15) is 0 Å². The number of aromatic nitrogens is 1. The molecule has 6 nitrogen and oxygen atoms in total. The number of hydrogen-bond acceptors (Lipinski definition) is 5. The van der Waals surface area contributed by atoms with Gasteiger partial charge in [0.05, 0.1) is 24.5 Å². The first-order chi connectivity index (χ1) is 8.27. The minimum absolute atomic E-state index is 0.0170. The molecule has 1 unspecified atom stereocenters. The minimum atomic E-state index is -0.320. The van der Waals surface area contributed by atoms with Gasteiger partial charge in [-0.25, -0.2) is 0 Å². The van der Waals surface area contributed by atoms with E-state index >= 15 is 0 Å². The molecule has 1 aromatic rings. The Kier molecular flexibility index (Phi) is 3.89. The van der Waals surface area contributed by atoms with Gasteiger partial charge >= 0.3 is 0 Å². The molecule has 0 radical (unpaired) electrons. The summed E-state index contributed by atoms with van der Waals surface area (Å²) in [6.07, 6.45) is 2.69. The minimum Gasteiger partial charge on any atom is -0.505 e. The Balaban J connectivity index is 1.87. The lowest BCUT2D eigenvalue weighted by atomic mass is 10.2. The summed E-state index contributed by atoms with van der Waals surface area (Å²) >= 11 is 0. The molecule has 3 N–H and O–H groups in total. The van der Waals surface area contributed by atoms with E-state index in [1.54, 1.807) is 0 Å². The molecule has 2 rings (SSSR count). The summed E-state index contributed by atoms with van der Waals surface area (Å²) in [6.45, 7) is 2.65. The first-order valence-electron chi connectivity index (χ1n) is 5.51. The standard InChI is InChI=1S/C11H15N3O3/c15-10-7-12-2-1-9(10)11(16)14-6-8-5-13-3-4-17-8/h1-2,7-8,13,15H,3-6H2,(H,14,16). The van der Waals surface area contributed by atoms with Crippen LogP contribution in [-0.4, -0.2) is 48.3 Å². The van der Waals surface area contributed by atoms with E-state index in [1.165, 1.54) is 18.5 Å². The van der Waals surface area contributed by atoms with Gasteiger partial charge in [-0.1, -0.05) is 0 Å². The predicted octanol–water partition coefficient (Wildman–Crippen LogP) is -0.495. The van der Waals surface area contributed by atoms with Crippen molar-refractivity contribution in [1.82, 2.24) is 15.6 Å². The second kappa shape index (κ2) is 5.60. The van der Waals surface area contributed by atoms with E-state index in [9.17, 15) is 9.90 Å². The molecule has 2 heterocycles. The zero-order valence-corrected chi connectivity index (χ0v) is 9.35. The molecule has 0 aromatic carbocycles. The number of hydrogen-bond donors (Lipinski definition) is 3. The quantitative estimate of drug-likeness (QED) is 0.660. The summed E-state index contributed by atoms with van der Waals surface area (Å²) in [5, 5.41) is 15.3. The van der Waals surface area contributed by atoms with Gasteiger partial charge in [0.25, 0.3) is 5.91 Å². The van der Waals surface area contributed by atoms with Gasteiger partial charge in [0, 0.05) is 25.8 Å². The van der Waals surface area contributed by atoms with Crippen LogP contribution in [0.4, 0.5) is 0 Å². The van der Waals surface area contributed by atoms with Crippen LogP contribution >= 0.6 is 0 Å². The van der Waals surface area contributed by atoms with Crippen LogP contribution in [0.3, 0.4) is 0 Å². The number of rotatable bonds is 3. The average Bonchev–Trinajstić information content (AvgIpc) is 2.38. The van der Waals surface area contributed by atoms with Crippen LogP contribution in [0.5, 0.6) is 5.75 Å². The van der Waals surface area contributed by atoms with Crippen LogP contribution in [0.25, 0.3) is 0 Å². The van der Waals surface area contributed by atoms with Crippen molar-refractivity contribution >= 4 is 5.91 Å². The largest absolute Gasteiger partial charge is 0.505 e. The van der Waals surface area contributed by atoms with E-state index in [-0.39, 0.29) is 23.3 Å². The second-order valence-corrected chi connectivity index (χ2v) is 3.80. The molecule has 6 heteroatoms. The van der Waals surface area contributed by atoms with Gasteiger partial charge in [-0.15, -0.1) is 0 Å². The zero-order valence-electron chi connectivity index (χ0n) is 9.35. The Morgan fingerprint density at radius 2 is 2.59 bits per heavy atom. The summed E-state index contributed by atoms with van der Waals surface area (Å²) in [5.74, 6) is -0.438. The molecule has 1 fully saturated rings. The zero-order chi connectivity index (χ0) is 12.1. The number of morpholine rings is 1. The highest BCUT2D eigenvalue weighted by Crippen LogP contribution is 2.13. The number of pyridine rings is 1. The summed E-state index contributed by atoms with van der Waals surface area (Å²) in [5.41, 5.74) is 0.226. The second-order valence-electron chi connectivity index (χ2n) is 3.80. The molecule has 1 aliphatic rings. The fraction of sp³-hybridized carbons (Fsp3) is 0.455. The first-order valence-corrected chi connectivity index (χ1v) is 5.51. The topological polar surface area (TPSA) is 83.5 Å². The molecule has 1 amide bonds. The van der Waals surface area contributed by atoms with Crippen molar-refractivity contribution in [2.45, 2.75) is 6.10 Å². The van der Waals surface area contributed by atoms with Crippen molar-refractivity contribution in [2.75, 3.05) is 26.2 Å². The van der Waals surface area contributed by atoms with E-state index in [4.69, 9.17) is 4.74 Å². The van der Waals surface area contributed by atoms with E-state index < -0.39 is 0 Å². The fourth-order valence-electron chi connectivity index (χ4n) is 1.63. The van der Waals surface area contributed by atoms with Crippen LogP contribution in [-0.2, 0) is 4.74 Å². The van der Waals surface area contributed by atoms with E-state index in [1.807, 2.05) is 0 Å². The number of nitrogens with one attached hydrogen (secondary N) is 2. The number of nitrogens with zero attached hydrogens (tertiary/aromatic N) is 1. The van der Waals surface area contributed by atoms with Gasteiger partial charge < -0.3 is 20.5 Å². The third-order valence-electron chi connectivity index (χ3n) is 2.54. The molecule has 0 saturated carbocycles. The van der Waals surface area contributed by atoms with Crippen LogP contribution in [0.15, 0.2) is 18.5 Å². The number of carbonyl (C=O) groups excluding carboxylic acids is 1. The van der Waals surface area contributed by atoms with Crippen LogP contribution in [0, 0.1) is 0 Å². The summed E-state index contributed by atoms with van der Waals surface area (Å²) in [7, 11) is 0. The van der Waals surface area contributed by atoms with Crippen molar-refractivity contribution in [1.29, 1.82) is 0 Å². The fourth-order valence-corrected chi connectivity index (χ4v) is 1.63. The highest BCUT2D eigenvalue weighted by molar-refractivity contribution is 5.96. The van der Waals surface area contributed by atoms with Crippen molar-refractivity contribution in [3.8, 4) is 5.75 Å². The molecular weight excluding hydrogens is 222 g/mol. The molecule has 1 aromatic heterocycles.